The summed E-state index contributed by atoms with van der Waals surface area (Å²) < 4.78 is 7.80. The van der Waals surface area contributed by atoms with E-state index in [1.807, 2.05) is 35.4 Å². The number of fused-ring (bicyclic) bond motifs is 1. The molecule has 2 unspecified atom stereocenters. The molecule has 0 radical (unpaired) electrons. The number of para-hydroxylation sites is 1. The van der Waals surface area contributed by atoms with Crippen LogP contribution >= 0.6 is 11.8 Å². The SMILES string of the molecule is COCCCn1c(C2CCCN(C(=O)CC(N)Cc3ccc(NC(=O)CCSC)cc3)C2)c(C)c2ccccc21. The maximum atomic E-state index is 13.4. The van der Waals surface area contributed by atoms with Gasteiger partial charge < -0.3 is 25.3 Å². The quantitative estimate of drug-likeness (QED) is 0.274. The predicted molar refractivity (Wildman–Crippen MR) is 166 cm³/mol. The van der Waals surface area contributed by atoms with E-state index >= 15 is 0 Å². The van der Waals surface area contributed by atoms with E-state index in [0.717, 1.165) is 62.5 Å². The largest absolute Gasteiger partial charge is 0.385 e. The van der Waals surface area contributed by atoms with Gasteiger partial charge in [-0.2, -0.15) is 11.8 Å². The maximum Gasteiger partial charge on any atom is 0.225 e. The molecule has 1 aliphatic heterocycles. The molecule has 2 atom stereocenters. The summed E-state index contributed by atoms with van der Waals surface area (Å²) in [6.45, 7) is 5.39. The lowest BCUT2D eigenvalue weighted by Gasteiger charge is -2.34. The van der Waals surface area contributed by atoms with Crippen molar-refractivity contribution in [1.82, 2.24) is 9.47 Å². The maximum absolute atomic E-state index is 13.4. The number of hydrogen-bond acceptors (Lipinski definition) is 5. The van der Waals surface area contributed by atoms with Gasteiger partial charge in [-0.1, -0.05) is 30.3 Å². The number of aryl methyl sites for hydroxylation is 2. The number of aromatic nitrogens is 1. The average molecular weight is 565 g/mol. The van der Waals surface area contributed by atoms with Gasteiger partial charge in [-0.3, -0.25) is 9.59 Å². The first-order valence-corrected chi connectivity index (χ1v) is 15.8. The Bertz CT molecular complexity index is 1270. The molecule has 3 aromatic rings. The van der Waals surface area contributed by atoms with Crippen LogP contribution in [0.2, 0.25) is 0 Å². The fourth-order valence-corrected chi connectivity index (χ4v) is 6.32. The summed E-state index contributed by atoms with van der Waals surface area (Å²) in [6.07, 6.45) is 6.48. The molecule has 1 aromatic heterocycles. The zero-order valence-corrected chi connectivity index (χ0v) is 25.0. The number of piperidine rings is 1. The molecule has 40 heavy (non-hydrogen) atoms. The number of nitrogens with one attached hydrogen (secondary N) is 1. The first kappa shape index (κ1) is 30.2. The van der Waals surface area contributed by atoms with Gasteiger partial charge in [0.1, 0.15) is 0 Å². The second-order valence-electron chi connectivity index (χ2n) is 10.9. The number of carbonyl (C=O) groups excluding carboxylic acids is 2. The van der Waals surface area contributed by atoms with Crippen molar-refractivity contribution in [3.05, 3.63) is 65.4 Å². The number of anilines is 1. The second kappa shape index (κ2) is 14.7. The molecular weight excluding hydrogens is 520 g/mol. The molecule has 0 spiro atoms. The summed E-state index contributed by atoms with van der Waals surface area (Å²) in [4.78, 5) is 27.4. The van der Waals surface area contributed by atoms with Crippen molar-refractivity contribution >= 4 is 40.2 Å². The first-order valence-electron chi connectivity index (χ1n) is 14.4. The standard InChI is InChI=1S/C32H44N4O3S/c1-23-28-9-4-5-10-29(28)36(17-7-18-39-2)32(23)25-8-6-16-35(22-25)31(38)21-26(33)20-24-11-13-27(14-12-24)34-30(37)15-19-40-3/h4-5,9-14,25-26H,6-8,15-22,33H2,1-3H3,(H,34,37). The summed E-state index contributed by atoms with van der Waals surface area (Å²) >= 11 is 1.66. The number of methoxy groups -OCH3 is 1. The van der Waals surface area contributed by atoms with Crippen LogP contribution in [0.5, 0.6) is 0 Å². The van der Waals surface area contributed by atoms with Crippen LogP contribution in [0.4, 0.5) is 5.69 Å². The van der Waals surface area contributed by atoms with Crippen LogP contribution in [0.15, 0.2) is 48.5 Å². The number of nitrogens with two attached hydrogens (primary N) is 1. The Kier molecular flexibility index (Phi) is 11.1. The number of hydrogen-bond donors (Lipinski definition) is 2. The molecule has 7 nitrogen and oxygen atoms in total. The first-order chi connectivity index (χ1) is 19.4. The van der Waals surface area contributed by atoms with Crippen LogP contribution in [-0.4, -0.2) is 66.1 Å². The number of thioether (sulfide) groups is 1. The van der Waals surface area contributed by atoms with Crippen LogP contribution in [0.3, 0.4) is 0 Å². The molecular formula is C32H44N4O3S. The lowest BCUT2D eigenvalue weighted by molar-refractivity contribution is -0.132. The van der Waals surface area contributed by atoms with Crippen LogP contribution in [0, 0.1) is 6.92 Å². The number of likely N-dealkylation sites (tertiary alicyclic amines) is 1. The highest BCUT2D eigenvalue weighted by Crippen LogP contribution is 2.36. The average Bonchev–Trinajstić information content (AvgIpc) is 3.24. The Morgan fingerprint density at radius 3 is 2.70 bits per heavy atom. The van der Waals surface area contributed by atoms with E-state index in [-0.39, 0.29) is 17.9 Å². The van der Waals surface area contributed by atoms with E-state index in [2.05, 4.69) is 41.1 Å². The van der Waals surface area contributed by atoms with Gasteiger partial charge in [0.05, 0.1) is 0 Å². The van der Waals surface area contributed by atoms with Crippen LogP contribution in [0.1, 0.15) is 54.8 Å². The van der Waals surface area contributed by atoms with Gasteiger partial charge in [0.25, 0.3) is 0 Å². The molecule has 1 fully saturated rings. The van der Waals surface area contributed by atoms with E-state index in [0.29, 0.717) is 25.2 Å². The Morgan fingerprint density at radius 2 is 1.95 bits per heavy atom. The van der Waals surface area contributed by atoms with Crippen molar-refractivity contribution in [3.63, 3.8) is 0 Å². The van der Waals surface area contributed by atoms with Crippen molar-refractivity contribution in [2.45, 2.75) is 64.0 Å². The van der Waals surface area contributed by atoms with Crippen LogP contribution in [-0.2, 0) is 27.3 Å². The minimum atomic E-state index is -0.253. The number of amides is 2. The molecule has 0 bridgehead atoms. The zero-order valence-electron chi connectivity index (χ0n) is 24.2. The molecule has 8 heteroatoms. The highest BCUT2D eigenvalue weighted by Gasteiger charge is 2.29. The third kappa shape index (κ3) is 7.68. The summed E-state index contributed by atoms with van der Waals surface area (Å²) in [7, 11) is 1.75. The molecule has 2 amide bonds. The molecule has 4 rings (SSSR count). The monoisotopic (exact) mass is 564 g/mol. The lowest BCUT2D eigenvalue weighted by Crippen LogP contribution is -2.42. The minimum Gasteiger partial charge on any atom is -0.385 e. The zero-order chi connectivity index (χ0) is 28.5. The Labute approximate surface area is 242 Å². The fraction of sp³-hybridized carbons (Fsp3) is 0.500. The topological polar surface area (TPSA) is 89.6 Å². The smallest absolute Gasteiger partial charge is 0.225 e. The Hall–Kier alpha value is -2.81. The van der Waals surface area contributed by atoms with Gasteiger partial charge in [0, 0.05) is 86.2 Å². The van der Waals surface area contributed by atoms with Crippen molar-refractivity contribution in [2.24, 2.45) is 5.73 Å². The van der Waals surface area contributed by atoms with Gasteiger partial charge in [-0.05, 0) is 68.2 Å². The van der Waals surface area contributed by atoms with Crippen LogP contribution in [0.25, 0.3) is 10.9 Å². The second-order valence-corrected chi connectivity index (χ2v) is 11.8. The highest BCUT2D eigenvalue weighted by molar-refractivity contribution is 7.98. The summed E-state index contributed by atoms with van der Waals surface area (Å²) in [5, 5.41) is 4.23. The molecule has 2 heterocycles. The van der Waals surface area contributed by atoms with Gasteiger partial charge in [0.15, 0.2) is 0 Å². The number of benzene rings is 2. The lowest BCUT2D eigenvalue weighted by atomic mass is 9.91. The molecule has 0 aliphatic carbocycles. The van der Waals surface area contributed by atoms with Crippen molar-refractivity contribution in [2.75, 3.05) is 44.1 Å². The third-order valence-electron chi connectivity index (χ3n) is 7.87. The van der Waals surface area contributed by atoms with E-state index in [1.165, 1.54) is 22.2 Å². The molecule has 3 N–H and O–H groups in total. The number of carbonyl (C=O) groups is 2. The Balaban J connectivity index is 1.37. The molecule has 1 aliphatic rings. The van der Waals surface area contributed by atoms with Crippen LogP contribution < -0.4 is 11.1 Å². The molecule has 2 aromatic carbocycles. The Morgan fingerprint density at radius 1 is 1.18 bits per heavy atom. The van der Waals surface area contributed by atoms with Gasteiger partial charge in [-0.15, -0.1) is 0 Å². The van der Waals surface area contributed by atoms with Crippen molar-refractivity contribution in [3.8, 4) is 0 Å². The number of ether oxygens (including phenoxy) is 1. The molecule has 0 saturated carbocycles. The highest BCUT2D eigenvalue weighted by atomic mass is 32.2. The predicted octanol–water partition coefficient (Wildman–Crippen LogP) is 5.34. The number of nitrogens with zero attached hydrogens (tertiary/aromatic N) is 2. The van der Waals surface area contributed by atoms with Gasteiger partial charge in [-0.25, -0.2) is 0 Å². The van der Waals surface area contributed by atoms with E-state index in [4.69, 9.17) is 10.5 Å². The normalized spacial score (nSPS) is 16.3. The molecule has 216 valence electrons. The van der Waals surface area contributed by atoms with Gasteiger partial charge in [0.2, 0.25) is 11.8 Å². The van der Waals surface area contributed by atoms with E-state index < -0.39 is 0 Å². The fourth-order valence-electron chi connectivity index (χ4n) is 5.93. The molecule has 1 saturated heterocycles. The van der Waals surface area contributed by atoms with E-state index in [1.54, 1.807) is 18.9 Å². The minimum absolute atomic E-state index is 0.0229. The third-order valence-corrected chi connectivity index (χ3v) is 8.48. The summed E-state index contributed by atoms with van der Waals surface area (Å²) in [5.41, 5.74) is 12.3. The summed E-state index contributed by atoms with van der Waals surface area (Å²) in [5.74, 6) is 1.27. The van der Waals surface area contributed by atoms with E-state index in [9.17, 15) is 9.59 Å². The number of rotatable bonds is 13. The van der Waals surface area contributed by atoms with Crippen molar-refractivity contribution in [1.29, 1.82) is 0 Å². The summed E-state index contributed by atoms with van der Waals surface area (Å²) in [6, 6.07) is 16.1. The van der Waals surface area contributed by atoms with Gasteiger partial charge >= 0.3 is 0 Å². The van der Waals surface area contributed by atoms with Crippen molar-refractivity contribution < 1.29 is 14.3 Å².